The van der Waals surface area contributed by atoms with Gasteiger partial charge in [-0.25, -0.2) is 13.1 Å². The van der Waals surface area contributed by atoms with Crippen molar-refractivity contribution in [2.45, 2.75) is 49.6 Å². The Morgan fingerprint density at radius 3 is 2.60 bits per heavy atom. The fraction of sp³-hybridized carbons (Fsp3) is 0.435. The number of benzene rings is 2. The molecule has 1 saturated heterocycles. The summed E-state index contributed by atoms with van der Waals surface area (Å²) in [5.41, 5.74) is 3.64. The molecule has 1 unspecified atom stereocenters. The molecule has 0 spiro atoms. The lowest BCUT2D eigenvalue weighted by atomic mass is 9.92. The second kappa shape index (κ2) is 9.29. The second-order valence-corrected chi connectivity index (χ2v) is 10.1. The molecule has 1 fully saturated rings. The van der Waals surface area contributed by atoms with Crippen LogP contribution >= 0.6 is 0 Å². The van der Waals surface area contributed by atoms with E-state index < -0.39 is 10.0 Å². The maximum Gasteiger partial charge on any atom is 0.241 e. The zero-order valence-corrected chi connectivity index (χ0v) is 18.0. The maximum atomic E-state index is 12.6. The minimum Gasteiger partial charge on any atom is -0.346 e. The second-order valence-electron chi connectivity index (χ2n) is 8.38. The Morgan fingerprint density at radius 1 is 1.03 bits per heavy atom. The molecule has 2 aromatic carbocycles. The van der Waals surface area contributed by atoms with E-state index in [1.807, 2.05) is 24.3 Å². The van der Waals surface area contributed by atoms with Gasteiger partial charge in [-0.2, -0.15) is 0 Å². The molecule has 3 N–H and O–H groups in total. The van der Waals surface area contributed by atoms with Crippen molar-refractivity contribution in [1.29, 1.82) is 0 Å². The van der Waals surface area contributed by atoms with Gasteiger partial charge >= 0.3 is 0 Å². The number of fused-ring (bicyclic) bond motifs is 1. The molecule has 0 radical (unpaired) electrons. The van der Waals surface area contributed by atoms with Crippen molar-refractivity contribution in [2.24, 2.45) is 0 Å². The van der Waals surface area contributed by atoms with Gasteiger partial charge in [-0.1, -0.05) is 36.4 Å². The van der Waals surface area contributed by atoms with Gasteiger partial charge in [-0.05, 0) is 48.9 Å². The maximum absolute atomic E-state index is 12.6. The van der Waals surface area contributed by atoms with Crippen molar-refractivity contribution in [2.75, 3.05) is 19.6 Å². The van der Waals surface area contributed by atoms with E-state index in [2.05, 4.69) is 22.2 Å². The van der Waals surface area contributed by atoms with E-state index in [0.717, 1.165) is 57.3 Å². The van der Waals surface area contributed by atoms with Crippen LogP contribution in [-0.4, -0.2) is 40.0 Å². The quantitative estimate of drug-likeness (QED) is 0.611. The van der Waals surface area contributed by atoms with Gasteiger partial charge in [0.25, 0.3) is 0 Å². The molecule has 30 heavy (non-hydrogen) atoms. The van der Waals surface area contributed by atoms with E-state index in [4.69, 9.17) is 0 Å². The summed E-state index contributed by atoms with van der Waals surface area (Å²) < 4.78 is 27.7. The number of hydrogen-bond acceptors (Lipinski definition) is 3. The number of hydrogen-bond donors (Lipinski definition) is 3. The molecule has 1 amide bonds. The number of likely N-dealkylation sites (tertiary alicyclic amines) is 1. The molecule has 0 bridgehead atoms. The summed E-state index contributed by atoms with van der Waals surface area (Å²) in [6.45, 7) is 2.57. The average molecular weight is 429 g/mol. The van der Waals surface area contributed by atoms with E-state index >= 15 is 0 Å². The molecule has 1 heterocycles. The molecule has 2 aliphatic rings. The molecular weight excluding hydrogens is 398 g/mol. The van der Waals surface area contributed by atoms with E-state index in [1.54, 1.807) is 12.1 Å². The van der Waals surface area contributed by atoms with E-state index in [9.17, 15) is 13.2 Å². The van der Waals surface area contributed by atoms with Crippen LogP contribution < -0.4 is 14.9 Å². The van der Waals surface area contributed by atoms with E-state index in [1.165, 1.54) is 16.0 Å². The fourth-order valence-electron chi connectivity index (χ4n) is 4.50. The lowest BCUT2D eigenvalue weighted by Crippen LogP contribution is -3.09. The van der Waals surface area contributed by atoms with Crippen molar-refractivity contribution < 1.29 is 18.1 Å². The first-order valence-electron chi connectivity index (χ1n) is 10.8. The van der Waals surface area contributed by atoms with Gasteiger partial charge in [-0.15, -0.1) is 0 Å². The molecule has 6 nitrogen and oxygen atoms in total. The van der Waals surface area contributed by atoms with Crippen LogP contribution in [0.4, 0.5) is 0 Å². The number of carbonyl (C=O) groups is 1. The first kappa shape index (κ1) is 21.0. The van der Waals surface area contributed by atoms with Gasteiger partial charge in [0.2, 0.25) is 15.9 Å². The molecule has 1 aliphatic heterocycles. The van der Waals surface area contributed by atoms with Crippen LogP contribution in [0.2, 0.25) is 0 Å². The normalized spacial score (nSPS) is 21.2. The summed E-state index contributed by atoms with van der Waals surface area (Å²) in [6, 6.07) is 15.7. The van der Waals surface area contributed by atoms with Crippen LogP contribution in [0, 0.1) is 0 Å². The standard InChI is InChI=1S/C23H29N3O3S/c27-23(25-21-12-13-26(17-21)16-18-6-2-1-3-7-18)15-24-30(28,29)22-11-10-19-8-4-5-9-20(19)14-22/h1-3,6-7,10-11,14,21,24H,4-5,8-9,12-13,15-17H2,(H,25,27)/p+1/t21-/m1/s1. The summed E-state index contributed by atoms with van der Waals surface area (Å²) in [5, 5.41) is 2.98. The highest BCUT2D eigenvalue weighted by atomic mass is 32.2. The number of carbonyl (C=O) groups excluding carboxylic acids is 1. The Labute approximate surface area is 178 Å². The number of rotatable bonds is 7. The van der Waals surface area contributed by atoms with Crippen LogP contribution in [-0.2, 0) is 34.2 Å². The van der Waals surface area contributed by atoms with E-state index in [-0.39, 0.29) is 23.4 Å². The van der Waals surface area contributed by atoms with Gasteiger partial charge in [0.15, 0.2) is 0 Å². The molecule has 0 saturated carbocycles. The smallest absolute Gasteiger partial charge is 0.241 e. The Morgan fingerprint density at radius 2 is 1.80 bits per heavy atom. The number of aryl methyl sites for hydroxylation is 2. The molecule has 0 aromatic heterocycles. The Hall–Kier alpha value is -2.22. The molecule has 7 heteroatoms. The minimum absolute atomic E-state index is 0.0875. The largest absolute Gasteiger partial charge is 0.346 e. The molecule has 2 atom stereocenters. The summed E-state index contributed by atoms with van der Waals surface area (Å²) in [4.78, 5) is 14.0. The third kappa shape index (κ3) is 5.28. The summed E-state index contributed by atoms with van der Waals surface area (Å²) >= 11 is 0. The molecule has 4 rings (SSSR count). The van der Waals surface area contributed by atoms with Gasteiger partial charge < -0.3 is 10.2 Å². The van der Waals surface area contributed by atoms with Gasteiger partial charge in [0.05, 0.1) is 30.6 Å². The number of nitrogens with one attached hydrogen (secondary N) is 3. The van der Waals surface area contributed by atoms with Gasteiger partial charge in [0, 0.05) is 12.0 Å². The Balaban J connectivity index is 1.26. The topological polar surface area (TPSA) is 79.7 Å². The third-order valence-electron chi connectivity index (χ3n) is 6.10. The fourth-order valence-corrected chi connectivity index (χ4v) is 5.53. The van der Waals surface area contributed by atoms with Crippen LogP contribution in [0.3, 0.4) is 0 Å². The molecule has 160 valence electrons. The Kier molecular flexibility index (Phi) is 6.51. The van der Waals surface area contributed by atoms with Crippen LogP contribution in [0.25, 0.3) is 0 Å². The predicted molar refractivity (Wildman–Crippen MR) is 116 cm³/mol. The van der Waals surface area contributed by atoms with Crippen LogP contribution in [0.15, 0.2) is 53.4 Å². The zero-order valence-electron chi connectivity index (χ0n) is 17.2. The molecule has 2 aromatic rings. The minimum atomic E-state index is -3.69. The third-order valence-corrected chi connectivity index (χ3v) is 7.50. The Bertz CT molecular complexity index is 992. The predicted octanol–water partition coefficient (Wildman–Crippen LogP) is 0.817. The first-order valence-corrected chi connectivity index (χ1v) is 12.3. The van der Waals surface area contributed by atoms with Crippen molar-refractivity contribution in [1.82, 2.24) is 10.0 Å². The van der Waals surface area contributed by atoms with Crippen LogP contribution in [0.1, 0.15) is 36.0 Å². The number of sulfonamides is 1. The molecule has 1 aliphatic carbocycles. The van der Waals surface area contributed by atoms with Crippen molar-refractivity contribution in [3.8, 4) is 0 Å². The average Bonchev–Trinajstić information content (AvgIpc) is 3.19. The lowest BCUT2D eigenvalue weighted by molar-refractivity contribution is -0.901. The lowest BCUT2D eigenvalue weighted by Gasteiger charge is -2.17. The van der Waals surface area contributed by atoms with E-state index in [0.29, 0.717) is 0 Å². The summed E-state index contributed by atoms with van der Waals surface area (Å²) in [7, 11) is -3.69. The zero-order chi connectivity index (χ0) is 21.0. The van der Waals surface area contributed by atoms with Gasteiger partial charge in [-0.3, -0.25) is 4.79 Å². The van der Waals surface area contributed by atoms with Crippen molar-refractivity contribution in [3.05, 3.63) is 65.2 Å². The highest BCUT2D eigenvalue weighted by molar-refractivity contribution is 7.89. The SMILES string of the molecule is O=C(CNS(=O)(=O)c1ccc2c(c1)CCCC2)N[C@@H]1CC[NH+](Cc2ccccc2)C1. The van der Waals surface area contributed by atoms with Crippen molar-refractivity contribution >= 4 is 15.9 Å². The monoisotopic (exact) mass is 428 g/mol. The first-order chi connectivity index (χ1) is 14.5. The highest BCUT2D eigenvalue weighted by Crippen LogP contribution is 2.23. The number of quaternary nitrogens is 1. The van der Waals surface area contributed by atoms with Gasteiger partial charge in [0.1, 0.15) is 6.54 Å². The number of amides is 1. The summed E-state index contributed by atoms with van der Waals surface area (Å²) in [5.74, 6) is -0.275. The summed E-state index contributed by atoms with van der Waals surface area (Å²) in [6.07, 6.45) is 5.09. The van der Waals surface area contributed by atoms with Crippen molar-refractivity contribution in [3.63, 3.8) is 0 Å². The molecular formula is C23H30N3O3S+. The van der Waals surface area contributed by atoms with Crippen LogP contribution in [0.5, 0.6) is 0 Å². The highest BCUT2D eigenvalue weighted by Gasteiger charge is 2.28.